The van der Waals surface area contributed by atoms with E-state index in [1.807, 2.05) is 11.0 Å². The van der Waals surface area contributed by atoms with Gasteiger partial charge in [-0.1, -0.05) is 22.4 Å². The van der Waals surface area contributed by atoms with Gasteiger partial charge in [0, 0.05) is 16.0 Å². The van der Waals surface area contributed by atoms with Gasteiger partial charge in [0.25, 0.3) is 0 Å². The molecule has 1 saturated carbocycles. The molecule has 116 valence electrons. The van der Waals surface area contributed by atoms with Crippen LogP contribution in [-0.2, 0) is 6.54 Å². The molecule has 1 fully saturated rings. The topological polar surface area (TPSA) is 48.5 Å². The Morgan fingerprint density at radius 3 is 2.91 bits per heavy atom. The lowest BCUT2D eigenvalue weighted by atomic mass is 9.85. The first-order chi connectivity index (χ1) is 11.2. The van der Waals surface area contributed by atoms with Crippen molar-refractivity contribution < 1.29 is 0 Å². The van der Waals surface area contributed by atoms with Crippen LogP contribution in [0, 0.1) is 6.92 Å². The average Bonchev–Trinajstić information content (AvgIpc) is 3.00. The predicted molar refractivity (Wildman–Crippen MR) is 90.7 cm³/mol. The van der Waals surface area contributed by atoms with Gasteiger partial charge in [0.15, 0.2) is 11.6 Å². The second kappa shape index (κ2) is 4.77. The summed E-state index contributed by atoms with van der Waals surface area (Å²) in [6.45, 7) is 2.77. The Hall–Kier alpha value is -1.95. The van der Waals surface area contributed by atoms with Crippen LogP contribution in [0.2, 0.25) is 0 Å². The molecule has 3 aromatic rings. The molecule has 0 bridgehead atoms. The number of fused-ring (bicyclic) bond motifs is 5. The van der Waals surface area contributed by atoms with Crippen LogP contribution >= 0.6 is 15.9 Å². The number of hydrogen-bond donors (Lipinski definition) is 0. The summed E-state index contributed by atoms with van der Waals surface area (Å²) in [5, 5.41) is 4.83. The lowest BCUT2D eigenvalue weighted by Gasteiger charge is -2.21. The average molecular weight is 370 g/mol. The lowest BCUT2D eigenvalue weighted by molar-refractivity contribution is 0.399. The van der Waals surface area contributed by atoms with Gasteiger partial charge in [-0.3, -0.25) is 0 Å². The number of halogens is 1. The van der Waals surface area contributed by atoms with E-state index in [1.54, 1.807) is 0 Å². The number of imidazole rings is 1. The fourth-order valence-corrected chi connectivity index (χ4v) is 3.77. The molecule has 23 heavy (non-hydrogen) atoms. The smallest absolute Gasteiger partial charge is 0.160 e. The molecular weight excluding hydrogens is 354 g/mol. The van der Waals surface area contributed by atoms with Gasteiger partial charge in [0.2, 0.25) is 0 Å². The molecule has 2 aromatic heterocycles. The van der Waals surface area contributed by atoms with E-state index in [1.165, 1.54) is 25.0 Å². The Morgan fingerprint density at radius 1 is 1.26 bits per heavy atom. The van der Waals surface area contributed by atoms with E-state index in [4.69, 9.17) is 10.1 Å². The van der Waals surface area contributed by atoms with Crippen LogP contribution in [0.3, 0.4) is 0 Å². The molecule has 1 aromatic carbocycles. The van der Waals surface area contributed by atoms with Crippen molar-refractivity contribution >= 4 is 15.9 Å². The Morgan fingerprint density at radius 2 is 2.13 bits per heavy atom. The molecule has 0 unspecified atom stereocenters. The molecular formula is C17H16BrN5. The van der Waals surface area contributed by atoms with Crippen molar-refractivity contribution in [3.8, 4) is 17.1 Å². The van der Waals surface area contributed by atoms with Crippen molar-refractivity contribution in [1.82, 2.24) is 24.3 Å². The molecule has 0 N–H and O–H groups in total. The third-order valence-corrected chi connectivity index (χ3v) is 5.49. The second-order valence-electron chi connectivity index (χ2n) is 6.39. The van der Waals surface area contributed by atoms with Crippen LogP contribution in [0.15, 0.2) is 29.0 Å². The molecule has 1 aliphatic heterocycles. The zero-order chi connectivity index (χ0) is 15.6. The Balaban J connectivity index is 1.78. The van der Waals surface area contributed by atoms with Crippen LogP contribution in [0.4, 0.5) is 0 Å². The van der Waals surface area contributed by atoms with Gasteiger partial charge in [-0.05, 0) is 38.0 Å². The van der Waals surface area contributed by atoms with Gasteiger partial charge < -0.3 is 4.57 Å². The van der Waals surface area contributed by atoms with Gasteiger partial charge in [-0.25, -0.2) is 14.6 Å². The van der Waals surface area contributed by atoms with E-state index >= 15 is 0 Å². The summed E-state index contributed by atoms with van der Waals surface area (Å²) in [5.74, 6) is 2.50. The van der Waals surface area contributed by atoms with Gasteiger partial charge >= 0.3 is 0 Å². The van der Waals surface area contributed by atoms with E-state index in [9.17, 15) is 0 Å². The monoisotopic (exact) mass is 369 g/mol. The first-order valence-corrected chi connectivity index (χ1v) is 8.78. The van der Waals surface area contributed by atoms with E-state index in [0.717, 1.165) is 33.1 Å². The van der Waals surface area contributed by atoms with Gasteiger partial charge in [0.1, 0.15) is 0 Å². The SMILES string of the molecule is Cc1ncn2c1Cn1nc(C3CCC3)nc1-c1cc(Br)ccc1-2. The Labute approximate surface area is 142 Å². The molecule has 0 amide bonds. The van der Waals surface area contributed by atoms with E-state index in [-0.39, 0.29) is 0 Å². The lowest BCUT2D eigenvalue weighted by Crippen LogP contribution is -2.12. The van der Waals surface area contributed by atoms with Crippen molar-refractivity contribution in [3.63, 3.8) is 0 Å². The van der Waals surface area contributed by atoms with E-state index in [2.05, 4.69) is 50.6 Å². The maximum Gasteiger partial charge on any atom is 0.160 e. The summed E-state index contributed by atoms with van der Waals surface area (Å²) in [7, 11) is 0. The standard InChI is InChI=1S/C17H16BrN5/c1-10-15-8-23-17(20-16(21-23)11-3-2-4-11)13-7-12(18)5-6-14(13)22(15)9-19-10/h5-7,9,11H,2-4,8H2,1H3. The Bertz CT molecular complexity index is 919. The highest BCUT2D eigenvalue weighted by molar-refractivity contribution is 9.10. The van der Waals surface area contributed by atoms with Crippen LogP contribution in [0.5, 0.6) is 0 Å². The normalized spacial score (nSPS) is 16.3. The second-order valence-corrected chi connectivity index (χ2v) is 7.30. The summed E-state index contributed by atoms with van der Waals surface area (Å²) in [4.78, 5) is 9.40. The Kier molecular flexibility index (Phi) is 2.80. The minimum absolute atomic E-state index is 0.538. The zero-order valence-corrected chi connectivity index (χ0v) is 14.4. The van der Waals surface area contributed by atoms with Crippen molar-refractivity contribution in [1.29, 1.82) is 0 Å². The highest BCUT2D eigenvalue weighted by Crippen LogP contribution is 2.38. The van der Waals surface area contributed by atoms with Gasteiger partial charge in [-0.2, -0.15) is 5.10 Å². The molecule has 5 nitrogen and oxygen atoms in total. The van der Waals surface area contributed by atoms with Crippen molar-refractivity contribution in [3.05, 3.63) is 46.2 Å². The number of hydrogen-bond acceptors (Lipinski definition) is 3. The highest BCUT2D eigenvalue weighted by Gasteiger charge is 2.28. The van der Waals surface area contributed by atoms with E-state index < -0.39 is 0 Å². The van der Waals surface area contributed by atoms with E-state index in [0.29, 0.717) is 12.5 Å². The maximum atomic E-state index is 4.90. The molecule has 0 spiro atoms. The van der Waals surface area contributed by atoms with Crippen LogP contribution in [0.1, 0.15) is 42.4 Å². The first kappa shape index (κ1) is 13.5. The van der Waals surface area contributed by atoms with Gasteiger partial charge in [0.05, 0.1) is 29.9 Å². The number of aromatic nitrogens is 5. The molecule has 1 aliphatic carbocycles. The number of aryl methyl sites for hydroxylation is 1. The van der Waals surface area contributed by atoms with Crippen molar-refractivity contribution in [2.24, 2.45) is 0 Å². The minimum Gasteiger partial charge on any atom is -0.300 e. The first-order valence-electron chi connectivity index (χ1n) is 7.98. The molecule has 6 heteroatoms. The minimum atomic E-state index is 0.538. The summed E-state index contributed by atoms with van der Waals surface area (Å²) >= 11 is 3.59. The van der Waals surface area contributed by atoms with Crippen molar-refractivity contribution in [2.45, 2.75) is 38.6 Å². The molecule has 0 atom stereocenters. The van der Waals surface area contributed by atoms with Gasteiger partial charge in [-0.15, -0.1) is 0 Å². The highest BCUT2D eigenvalue weighted by atomic mass is 79.9. The summed E-state index contributed by atoms with van der Waals surface area (Å²) in [5.41, 5.74) is 4.45. The zero-order valence-electron chi connectivity index (χ0n) is 12.8. The molecule has 2 aliphatic rings. The third-order valence-electron chi connectivity index (χ3n) is 4.99. The van der Waals surface area contributed by atoms with Crippen LogP contribution in [0.25, 0.3) is 17.1 Å². The summed E-state index contributed by atoms with van der Waals surface area (Å²) < 4.78 is 5.26. The molecule has 5 rings (SSSR count). The quantitative estimate of drug-likeness (QED) is 0.512. The van der Waals surface area contributed by atoms with Crippen LogP contribution in [-0.4, -0.2) is 24.3 Å². The summed E-state index contributed by atoms with van der Waals surface area (Å²) in [6.07, 6.45) is 5.62. The van der Waals surface area contributed by atoms with Crippen LogP contribution < -0.4 is 0 Å². The van der Waals surface area contributed by atoms with Crippen molar-refractivity contribution in [2.75, 3.05) is 0 Å². The summed E-state index contributed by atoms with van der Waals surface area (Å²) in [6, 6.07) is 6.32. The maximum absolute atomic E-state index is 4.90. The predicted octanol–water partition coefficient (Wildman–Crippen LogP) is 3.83. The molecule has 3 heterocycles. The largest absolute Gasteiger partial charge is 0.300 e. The fraction of sp³-hybridized carbons (Fsp3) is 0.353. The number of benzene rings is 1. The molecule has 0 radical (unpaired) electrons. The fourth-order valence-electron chi connectivity index (χ4n) is 3.41. The third kappa shape index (κ3) is 1.94. The number of nitrogens with zero attached hydrogens (tertiary/aromatic N) is 5. The number of rotatable bonds is 1. The molecule has 0 saturated heterocycles.